The van der Waals surface area contributed by atoms with Crippen molar-refractivity contribution in [2.45, 2.75) is 30.6 Å². The molecule has 0 aromatic heterocycles. The molecule has 9 nitrogen and oxygen atoms in total. The number of sulfonamides is 1. The van der Waals surface area contributed by atoms with E-state index in [9.17, 15) is 23.7 Å². The van der Waals surface area contributed by atoms with E-state index in [-0.39, 0.29) is 23.9 Å². The third kappa shape index (κ3) is 8.81. The van der Waals surface area contributed by atoms with E-state index in [4.69, 9.17) is 9.47 Å². The summed E-state index contributed by atoms with van der Waals surface area (Å²) in [5.41, 5.74) is 2.90. The van der Waals surface area contributed by atoms with Gasteiger partial charge in [0, 0.05) is 12.1 Å². The van der Waals surface area contributed by atoms with Gasteiger partial charge in [0.25, 0.3) is 0 Å². The Labute approximate surface area is 217 Å². The number of hydrogen-bond donors (Lipinski definition) is 5. The molecule has 1 atom stereocenters. The minimum atomic E-state index is -3.48. The molecule has 0 heterocycles. The maximum Gasteiger partial charge on any atom is 0.240 e. The fourth-order valence-corrected chi connectivity index (χ4v) is 4.41. The Morgan fingerprint density at radius 1 is 0.973 bits per heavy atom. The number of ether oxygens (including phenoxy) is 2. The molecule has 0 aliphatic rings. The Morgan fingerprint density at radius 2 is 1.76 bits per heavy atom. The van der Waals surface area contributed by atoms with Crippen LogP contribution < -0.4 is 14.8 Å². The Hall–Kier alpha value is -2.99. The van der Waals surface area contributed by atoms with Crippen LogP contribution in [0.1, 0.15) is 28.4 Å². The number of rotatable bonds is 15. The average Bonchev–Trinajstić information content (AvgIpc) is 2.92. The number of aromatic hydroxyl groups is 1. The quantitative estimate of drug-likeness (QED) is 0.189. The van der Waals surface area contributed by atoms with Crippen molar-refractivity contribution in [3.63, 3.8) is 0 Å². The second kappa shape index (κ2) is 14.1. The summed E-state index contributed by atoms with van der Waals surface area (Å²) in [5, 5.41) is 32.4. The summed E-state index contributed by atoms with van der Waals surface area (Å²) in [7, 11) is -2.11. The standard InChI is InChI=1S/C27H34N2O7S/c1-28-37(33,34)25-4-2-3-21(15-25)19-35-13-14-36-24-8-5-20(6-9-24)11-12-29-17-27(32)22-7-10-26(31)23(16-22)18-30/h2-10,15-16,27-32H,11-14,17-19H2,1H3/t27-/m0/s1. The van der Waals surface area contributed by atoms with E-state index in [0.29, 0.717) is 37.4 Å². The molecule has 0 radical (unpaired) electrons. The van der Waals surface area contributed by atoms with Gasteiger partial charge in [0.1, 0.15) is 18.1 Å². The molecular formula is C27H34N2O7S. The SMILES string of the molecule is CNS(=O)(=O)c1cccc(COCCOc2ccc(CCNC[C@H](O)c3ccc(O)c(CO)c3)cc2)c1. The lowest BCUT2D eigenvalue weighted by Gasteiger charge is -2.14. The van der Waals surface area contributed by atoms with Crippen molar-refractivity contribution in [1.82, 2.24) is 10.0 Å². The third-order valence-corrected chi connectivity index (χ3v) is 7.16. The van der Waals surface area contributed by atoms with Crippen molar-refractivity contribution in [3.8, 4) is 11.5 Å². The highest BCUT2D eigenvalue weighted by Gasteiger charge is 2.12. The van der Waals surface area contributed by atoms with E-state index < -0.39 is 16.1 Å². The number of benzene rings is 3. The zero-order valence-electron chi connectivity index (χ0n) is 20.8. The first-order valence-corrected chi connectivity index (χ1v) is 13.4. The summed E-state index contributed by atoms with van der Waals surface area (Å²) in [6, 6.07) is 19.1. The van der Waals surface area contributed by atoms with E-state index in [2.05, 4.69) is 10.0 Å². The largest absolute Gasteiger partial charge is 0.508 e. The molecule has 3 rings (SSSR count). The maximum absolute atomic E-state index is 11.9. The number of aliphatic hydroxyl groups is 2. The van der Waals surface area contributed by atoms with Gasteiger partial charge in [-0.15, -0.1) is 0 Å². The van der Waals surface area contributed by atoms with Crippen LogP contribution in [0.15, 0.2) is 71.6 Å². The van der Waals surface area contributed by atoms with Crippen molar-refractivity contribution >= 4 is 10.0 Å². The van der Waals surface area contributed by atoms with E-state index in [1.54, 1.807) is 24.3 Å². The number of phenols is 1. The Bertz CT molecular complexity index is 1230. The van der Waals surface area contributed by atoms with Crippen molar-refractivity contribution in [2.24, 2.45) is 0 Å². The van der Waals surface area contributed by atoms with Crippen LogP contribution in [0.4, 0.5) is 0 Å². The van der Waals surface area contributed by atoms with Crippen LogP contribution in [0.3, 0.4) is 0 Å². The van der Waals surface area contributed by atoms with Crippen LogP contribution in [0.5, 0.6) is 11.5 Å². The zero-order valence-corrected chi connectivity index (χ0v) is 21.6. The Morgan fingerprint density at radius 3 is 2.49 bits per heavy atom. The van der Waals surface area contributed by atoms with Gasteiger partial charge in [0.05, 0.1) is 30.8 Å². The first-order chi connectivity index (χ1) is 17.8. The molecule has 200 valence electrons. The third-order valence-electron chi connectivity index (χ3n) is 5.75. The predicted octanol–water partition coefficient (Wildman–Crippen LogP) is 2.25. The molecule has 0 amide bonds. The first-order valence-electron chi connectivity index (χ1n) is 12.0. The van der Waals surface area contributed by atoms with Gasteiger partial charge < -0.3 is 30.1 Å². The number of hydrogen-bond acceptors (Lipinski definition) is 8. The van der Waals surface area contributed by atoms with Gasteiger partial charge in [-0.3, -0.25) is 0 Å². The minimum Gasteiger partial charge on any atom is -0.508 e. The molecule has 0 aliphatic carbocycles. The van der Waals surface area contributed by atoms with Crippen LogP contribution in [-0.4, -0.2) is 57.1 Å². The molecule has 0 spiro atoms. The summed E-state index contributed by atoms with van der Waals surface area (Å²) in [4.78, 5) is 0.202. The van der Waals surface area contributed by atoms with E-state index >= 15 is 0 Å². The van der Waals surface area contributed by atoms with Gasteiger partial charge in [0.2, 0.25) is 10.0 Å². The van der Waals surface area contributed by atoms with Crippen LogP contribution in [-0.2, 0) is 34.4 Å². The molecule has 0 saturated heterocycles. The molecular weight excluding hydrogens is 496 g/mol. The van der Waals surface area contributed by atoms with Crippen LogP contribution >= 0.6 is 0 Å². The van der Waals surface area contributed by atoms with Crippen molar-refractivity contribution in [3.05, 3.63) is 89.0 Å². The molecule has 3 aromatic rings. The monoisotopic (exact) mass is 530 g/mol. The van der Waals surface area contributed by atoms with Crippen molar-refractivity contribution < 1.29 is 33.2 Å². The molecule has 0 bridgehead atoms. The maximum atomic E-state index is 11.9. The summed E-state index contributed by atoms with van der Waals surface area (Å²) >= 11 is 0. The number of nitrogens with one attached hydrogen (secondary N) is 2. The fraction of sp³-hybridized carbons (Fsp3) is 0.333. The minimum absolute atomic E-state index is 0.0110. The van der Waals surface area contributed by atoms with E-state index in [0.717, 1.165) is 23.3 Å². The van der Waals surface area contributed by atoms with Gasteiger partial charge in [0.15, 0.2) is 0 Å². The van der Waals surface area contributed by atoms with Gasteiger partial charge in [-0.2, -0.15) is 0 Å². The Balaban J connectivity index is 1.33. The molecule has 10 heteroatoms. The second-order valence-corrected chi connectivity index (χ2v) is 10.3. The first kappa shape index (κ1) is 28.6. The lowest BCUT2D eigenvalue weighted by Crippen LogP contribution is -2.23. The summed E-state index contributed by atoms with van der Waals surface area (Å²) in [6.45, 7) is 1.75. The lowest BCUT2D eigenvalue weighted by atomic mass is 10.1. The van der Waals surface area contributed by atoms with E-state index in [1.807, 2.05) is 30.3 Å². The lowest BCUT2D eigenvalue weighted by molar-refractivity contribution is 0.0888. The smallest absolute Gasteiger partial charge is 0.240 e. The van der Waals surface area contributed by atoms with Gasteiger partial charge >= 0.3 is 0 Å². The summed E-state index contributed by atoms with van der Waals surface area (Å²) in [5.74, 6) is 0.738. The number of aliphatic hydroxyl groups excluding tert-OH is 2. The van der Waals surface area contributed by atoms with Gasteiger partial charge in [-0.05, 0) is 73.1 Å². The highest BCUT2D eigenvalue weighted by Crippen LogP contribution is 2.22. The molecule has 3 aromatic carbocycles. The van der Waals surface area contributed by atoms with E-state index in [1.165, 1.54) is 19.2 Å². The van der Waals surface area contributed by atoms with Gasteiger partial charge in [-0.1, -0.05) is 30.3 Å². The molecule has 0 unspecified atom stereocenters. The summed E-state index contributed by atoms with van der Waals surface area (Å²) < 4.78 is 37.4. The van der Waals surface area contributed by atoms with Crippen LogP contribution in [0.25, 0.3) is 0 Å². The van der Waals surface area contributed by atoms with Gasteiger partial charge in [-0.25, -0.2) is 13.1 Å². The average molecular weight is 531 g/mol. The molecule has 0 aliphatic heterocycles. The fourth-order valence-electron chi connectivity index (χ4n) is 3.61. The zero-order chi connectivity index (χ0) is 26.7. The normalized spacial score (nSPS) is 12.4. The highest BCUT2D eigenvalue weighted by atomic mass is 32.2. The molecule has 0 saturated carbocycles. The topological polar surface area (TPSA) is 137 Å². The predicted molar refractivity (Wildman–Crippen MR) is 140 cm³/mol. The molecule has 0 fully saturated rings. The molecule has 5 N–H and O–H groups in total. The Kier molecular flexibility index (Phi) is 10.9. The molecule has 37 heavy (non-hydrogen) atoms. The second-order valence-electron chi connectivity index (χ2n) is 8.42. The van der Waals surface area contributed by atoms with Crippen molar-refractivity contribution in [1.29, 1.82) is 0 Å². The van der Waals surface area contributed by atoms with Crippen LogP contribution in [0.2, 0.25) is 0 Å². The van der Waals surface area contributed by atoms with Crippen LogP contribution in [0, 0.1) is 0 Å². The van der Waals surface area contributed by atoms with Crippen molar-refractivity contribution in [2.75, 3.05) is 33.4 Å². The highest BCUT2D eigenvalue weighted by molar-refractivity contribution is 7.89. The summed E-state index contributed by atoms with van der Waals surface area (Å²) in [6.07, 6.45) is 0.0323.